The van der Waals surface area contributed by atoms with E-state index in [1.807, 2.05) is 0 Å². The van der Waals surface area contributed by atoms with E-state index in [-0.39, 0.29) is 0 Å². The Labute approximate surface area is 58.0 Å². The van der Waals surface area contributed by atoms with Crippen LogP contribution < -0.4 is 0 Å². The molecule has 0 aromatic carbocycles. The number of rotatable bonds is 3. The Morgan fingerprint density at radius 2 is 2.22 bits per heavy atom. The molecule has 1 aliphatic heterocycles. The van der Waals surface area contributed by atoms with Gasteiger partial charge in [-0.15, -0.1) is 0 Å². The van der Waals surface area contributed by atoms with Gasteiger partial charge in [-0.1, -0.05) is 20.8 Å². The number of nitrogens with zero attached hydrogens (tertiary/aromatic N) is 1. The van der Waals surface area contributed by atoms with Crippen molar-refractivity contribution in [2.75, 3.05) is 13.1 Å². The summed E-state index contributed by atoms with van der Waals surface area (Å²) < 4.78 is 0. The van der Waals surface area contributed by atoms with Crippen LogP contribution >= 0.6 is 0 Å². The van der Waals surface area contributed by atoms with Gasteiger partial charge < -0.3 is 0 Å². The summed E-state index contributed by atoms with van der Waals surface area (Å²) in [6.07, 6.45) is 1.31. The van der Waals surface area contributed by atoms with Crippen LogP contribution in [0.4, 0.5) is 0 Å². The number of hydrogen-bond acceptors (Lipinski definition) is 1. The predicted molar refractivity (Wildman–Crippen MR) is 40.5 cm³/mol. The molecule has 0 radical (unpaired) electrons. The summed E-state index contributed by atoms with van der Waals surface area (Å²) in [5.41, 5.74) is 0. The lowest BCUT2D eigenvalue weighted by Gasteiger charge is -2.02. The van der Waals surface area contributed by atoms with E-state index in [2.05, 4.69) is 25.7 Å². The molecule has 1 unspecified atom stereocenters. The van der Waals surface area contributed by atoms with Crippen molar-refractivity contribution in [2.45, 2.75) is 33.2 Å². The minimum Gasteiger partial charge on any atom is -0.297 e. The molecule has 1 rings (SSSR count). The smallest absolute Gasteiger partial charge is 0.0246 e. The minimum atomic E-state index is 0.872. The molecule has 0 aromatic heterocycles. The van der Waals surface area contributed by atoms with Crippen molar-refractivity contribution in [1.82, 2.24) is 4.90 Å². The third-order valence-electron chi connectivity index (χ3n) is 2.04. The van der Waals surface area contributed by atoms with Crippen LogP contribution in [-0.4, -0.2) is 24.0 Å². The van der Waals surface area contributed by atoms with E-state index < -0.39 is 0 Å². The van der Waals surface area contributed by atoms with Crippen LogP contribution in [0.3, 0.4) is 0 Å². The van der Waals surface area contributed by atoms with Crippen molar-refractivity contribution in [2.24, 2.45) is 5.92 Å². The second-order valence-corrected chi connectivity index (χ2v) is 3.31. The van der Waals surface area contributed by atoms with Gasteiger partial charge in [0.15, 0.2) is 0 Å². The molecule has 0 spiro atoms. The van der Waals surface area contributed by atoms with Crippen LogP contribution in [0.2, 0.25) is 0 Å². The summed E-state index contributed by atoms with van der Waals surface area (Å²) in [6, 6.07) is 0.921. The van der Waals surface area contributed by atoms with Gasteiger partial charge in [-0.2, -0.15) is 0 Å². The molecule has 0 bridgehead atoms. The monoisotopic (exact) mass is 127 g/mol. The summed E-state index contributed by atoms with van der Waals surface area (Å²) in [5, 5.41) is 0. The Bertz CT molecular complexity index is 88.6. The Morgan fingerprint density at radius 1 is 1.56 bits per heavy atom. The van der Waals surface area contributed by atoms with E-state index in [1.54, 1.807) is 0 Å². The van der Waals surface area contributed by atoms with Gasteiger partial charge >= 0.3 is 0 Å². The quantitative estimate of drug-likeness (QED) is 0.522. The molecule has 54 valence electrons. The maximum Gasteiger partial charge on any atom is 0.0246 e. The van der Waals surface area contributed by atoms with Crippen molar-refractivity contribution in [1.29, 1.82) is 0 Å². The normalized spacial score (nSPS) is 33.3. The molecule has 9 heavy (non-hydrogen) atoms. The van der Waals surface area contributed by atoms with E-state index in [1.165, 1.54) is 19.5 Å². The first-order chi connectivity index (χ1) is 4.25. The van der Waals surface area contributed by atoms with Crippen molar-refractivity contribution in [3.8, 4) is 0 Å². The first-order valence-corrected chi connectivity index (χ1v) is 3.99. The summed E-state index contributed by atoms with van der Waals surface area (Å²) >= 11 is 0. The third-order valence-corrected chi connectivity index (χ3v) is 2.04. The fourth-order valence-corrected chi connectivity index (χ4v) is 1.37. The molecule has 0 N–H and O–H groups in total. The van der Waals surface area contributed by atoms with Crippen LogP contribution in [0.25, 0.3) is 0 Å². The van der Waals surface area contributed by atoms with Gasteiger partial charge in [0.2, 0.25) is 0 Å². The lowest BCUT2D eigenvalue weighted by atomic mass is 10.1. The SMILES string of the molecule is CCCN1C[C@H]1C(C)C. The molecule has 1 aliphatic rings. The highest BCUT2D eigenvalue weighted by molar-refractivity contribution is 4.90. The summed E-state index contributed by atoms with van der Waals surface area (Å²) in [5.74, 6) is 0.872. The zero-order valence-corrected chi connectivity index (χ0v) is 6.72. The summed E-state index contributed by atoms with van der Waals surface area (Å²) in [7, 11) is 0. The lowest BCUT2D eigenvalue weighted by molar-refractivity contribution is 0.443. The van der Waals surface area contributed by atoms with Crippen LogP contribution in [0.5, 0.6) is 0 Å². The van der Waals surface area contributed by atoms with Crippen molar-refractivity contribution < 1.29 is 0 Å². The molecule has 2 atom stereocenters. The molecule has 0 aliphatic carbocycles. The average Bonchev–Trinajstić information content (AvgIpc) is 2.47. The highest BCUT2D eigenvalue weighted by Crippen LogP contribution is 2.24. The highest BCUT2D eigenvalue weighted by Gasteiger charge is 2.34. The largest absolute Gasteiger partial charge is 0.297 e. The Hall–Kier alpha value is -0.0400. The fraction of sp³-hybridized carbons (Fsp3) is 1.00. The van der Waals surface area contributed by atoms with Crippen molar-refractivity contribution in [3.63, 3.8) is 0 Å². The minimum absolute atomic E-state index is 0.872. The molecular formula is C8H17N. The molecule has 0 amide bonds. The lowest BCUT2D eigenvalue weighted by Crippen LogP contribution is -2.07. The van der Waals surface area contributed by atoms with E-state index in [0.717, 1.165) is 12.0 Å². The van der Waals surface area contributed by atoms with Gasteiger partial charge in [0, 0.05) is 12.6 Å². The van der Waals surface area contributed by atoms with E-state index in [4.69, 9.17) is 0 Å². The van der Waals surface area contributed by atoms with Crippen LogP contribution in [0.1, 0.15) is 27.2 Å². The molecule has 0 aromatic rings. The molecule has 1 heteroatoms. The van der Waals surface area contributed by atoms with Crippen LogP contribution in [0.15, 0.2) is 0 Å². The second-order valence-electron chi connectivity index (χ2n) is 3.31. The van der Waals surface area contributed by atoms with Gasteiger partial charge in [-0.25, -0.2) is 0 Å². The zero-order valence-electron chi connectivity index (χ0n) is 6.72. The fourth-order valence-electron chi connectivity index (χ4n) is 1.37. The van der Waals surface area contributed by atoms with Gasteiger partial charge in [0.05, 0.1) is 0 Å². The molecule has 1 saturated heterocycles. The first kappa shape index (κ1) is 7.07. The Balaban J connectivity index is 2.09. The Kier molecular flexibility index (Phi) is 2.12. The molecule has 0 saturated carbocycles. The van der Waals surface area contributed by atoms with Crippen molar-refractivity contribution >= 4 is 0 Å². The average molecular weight is 127 g/mol. The topological polar surface area (TPSA) is 3.01 Å². The van der Waals surface area contributed by atoms with Gasteiger partial charge in [0.25, 0.3) is 0 Å². The predicted octanol–water partition coefficient (Wildman–Crippen LogP) is 1.74. The molecule has 1 heterocycles. The first-order valence-electron chi connectivity index (χ1n) is 3.99. The van der Waals surface area contributed by atoms with E-state index >= 15 is 0 Å². The van der Waals surface area contributed by atoms with E-state index in [9.17, 15) is 0 Å². The third kappa shape index (κ3) is 1.68. The van der Waals surface area contributed by atoms with Gasteiger partial charge in [0.1, 0.15) is 0 Å². The molecule has 1 nitrogen and oxygen atoms in total. The molecule has 1 fully saturated rings. The number of hydrogen-bond donors (Lipinski definition) is 0. The van der Waals surface area contributed by atoms with Gasteiger partial charge in [-0.3, -0.25) is 4.90 Å². The standard InChI is InChI=1S/C8H17N/c1-4-5-9-6-8(9)7(2)3/h7-8H,4-6H2,1-3H3/t8-,9?/m0/s1. The van der Waals surface area contributed by atoms with Crippen LogP contribution in [-0.2, 0) is 0 Å². The maximum absolute atomic E-state index is 2.55. The highest BCUT2D eigenvalue weighted by atomic mass is 15.3. The maximum atomic E-state index is 2.55. The van der Waals surface area contributed by atoms with Crippen molar-refractivity contribution in [3.05, 3.63) is 0 Å². The summed E-state index contributed by atoms with van der Waals surface area (Å²) in [4.78, 5) is 2.55. The van der Waals surface area contributed by atoms with Crippen LogP contribution in [0, 0.1) is 5.92 Å². The van der Waals surface area contributed by atoms with E-state index in [0.29, 0.717) is 0 Å². The molecular weight excluding hydrogens is 110 g/mol. The second kappa shape index (κ2) is 2.70. The zero-order chi connectivity index (χ0) is 6.85. The van der Waals surface area contributed by atoms with Gasteiger partial charge in [-0.05, 0) is 18.9 Å². The Morgan fingerprint density at radius 3 is 2.56 bits per heavy atom. The summed E-state index contributed by atoms with van der Waals surface area (Å²) in [6.45, 7) is 9.52.